The highest BCUT2D eigenvalue weighted by molar-refractivity contribution is 5.83. The van der Waals surface area contributed by atoms with Crippen LogP contribution in [0.15, 0.2) is 0 Å². The first-order valence-corrected chi connectivity index (χ1v) is 9.92. The summed E-state index contributed by atoms with van der Waals surface area (Å²) in [6.07, 6.45) is 4.95. The quantitative estimate of drug-likeness (QED) is 0.596. The fourth-order valence-corrected chi connectivity index (χ4v) is 3.08. The average molecular weight is 360 g/mol. The first-order valence-electron chi connectivity index (χ1n) is 9.92. The van der Waals surface area contributed by atoms with Crippen LogP contribution in [0.25, 0.3) is 11.2 Å². The predicted molar refractivity (Wildman–Crippen MR) is 108 cm³/mol. The normalized spacial score (nSPS) is 11.4. The van der Waals surface area contributed by atoms with Gasteiger partial charge in [-0.25, -0.2) is 9.97 Å². The molecule has 2 rings (SSSR count). The van der Waals surface area contributed by atoms with E-state index in [-0.39, 0.29) is 5.95 Å². The van der Waals surface area contributed by atoms with Gasteiger partial charge in [-0.15, -0.1) is 0 Å². The number of hydrogen-bond acceptors (Lipinski definition) is 7. The van der Waals surface area contributed by atoms with Gasteiger partial charge in [-0.2, -0.15) is 9.97 Å². The van der Waals surface area contributed by atoms with E-state index in [9.17, 15) is 0 Å². The van der Waals surface area contributed by atoms with Crippen molar-refractivity contribution in [1.82, 2.24) is 24.8 Å². The Balaban J connectivity index is 2.23. The van der Waals surface area contributed by atoms with Gasteiger partial charge in [-0.3, -0.25) is 0 Å². The van der Waals surface area contributed by atoms with E-state index in [0.717, 1.165) is 75.2 Å². The zero-order valence-corrected chi connectivity index (χ0v) is 16.7. The van der Waals surface area contributed by atoms with Crippen molar-refractivity contribution in [3.63, 3.8) is 0 Å². The molecule has 0 aliphatic rings. The molecule has 7 heteroatoms. The lowest BCUT2D eigenvalue weighted by atomic mass is 10.1. The van der Waals surface area contributed by atoms with Gasteiger partial charge in [0.05, 0.1) is 11.4 Å². The van der Waals surface area contributed by atoms with Crippen molar-refractivity contribution in [1.29, 1.82) is 0 Å². The molecule has 0 aliphatic heterocycles. The van der Waals surface area contributed by atoms with Crippen LogP contribution in [0.2, 0.25) is 0 Å². The monoisotopic (exact) mass is 359 g/mol. The fourth-order valence-electron chi connectivity index (χ4n) is 3.08. The summed E-state index contributed by atoms with van der Waals surface area (Å²) in [6, 6.07) is 0. The first-order chi connectivity index (χ1) is 12.6. The summed E-state index contributed by atoms with van der Waals surface area (Å²) in [6.45, 7) is 12.7. The third-order valence-corrected chi connectivity index (χ3v) is 4.52. The standard InChI is InChI=1S/C19H33N7/c1-5-10-14-15(11-6-2)23-18-16(22-14)17(24-19(20)25-18)21-12-9-13-26(7-3)8-4/h5-13H2,1-4H3,(H3,20,21,23,24,25). The second-order valence-electron chi connectivity index (χ2n) is 6.53. The molecule has 2 heterocycles. The van der Waals surface area contributed by atoms with Crippen LogP contribution in [0.1, 0.15) is 58.3 Å². The number of aromatic nitrogens is 4. The second kappa shape index (κ2) is 10.2. The summed E-state index contributed by atoms with van der Waals surface area (Å²) in [5.41, 5.74) is 9.31. The number of hydrogen-bond donors (Lipinski definition) is 2. The lowest BCUT2D eigenvalue weighted by Gasteiger charge is -2.18. The Morgan fingerprint density at radius 1 is 0.885 bits per heavy atom. The Labute approximate surface area is 156 Å². The number of fused-ring (bicyclic) bond motifs is 1. The van der Waals surface area contributed by atoms with Crippen molar-refractivity contribution in [2.75, 3.05) is 37.2 Å². The van der Waals surface area contributed by atoms with E-state index in [2.05, 4.69) is 47.9 Å². The molecule has 0 saturated heterocycles. The van der Waals surface area contributed by atoms with Crippen molar-refractivity contribution in [2.24, 2.45) is 0 Å². The molecule has 0 saturated carbocycles. The van der Waals surface area contributed by atoms with Gasteiger partial charge in [0.25, 0.3) is 0 Å². The highest BCUT2D eigenvalue weighted by atomic mass is 15.1. The third kappa shape index (κ3) is 5.24. The Morgan fingerprint density at radius 2 is 1.54 bits per heavy atom. The van der Waals surface area contributed by atoms with Crippen molar-refractivity contribution >= 4 is 22.9 Å². The molecular formula is C19H33N7. The summed E-state index contributed by atoms with van der Waals surface area (Å²) in [5.74, 6) is 0.934. The number of nitrogen functional groups attached to an aromatic ring is 1. The van der Waals surface area contributed by atoms with Crippen LogP contribution < -0.4 is 11.1 Å². The zero-order valence-electron chi connectivity index (χ0n) is 16.7. The topological polar surface area (TPSA) is 92.8 Å². The van der Waals surface area contributed by atoms with Crippen molar-refractivity contribution in [3.05, 3.63) is 11.4 Å². The molecular weight excluding hydrogens is 326 g/mol. The summed E-state index contributed by atoms with van der Waals surface area (Å²) in [5, 5.41) is 3.39. The predicted octanol–water partition coefficient (Wildman–Crippen LogP) is 3.05. The Bertz CT molecular complexity index is 698. The van der Waals surface area contributed by atoms with Gasteiger partial charge in [0.15, 0.2) is 17.0 Å². The smallest absolute Gasteiger partial charge is 0.224 e. The summed E-state index contributed by atoms with van der Waals surface area (Å²) in [4.78, 5) is 20.7. The van der Waals surface area contributed by atoms with Gasteiger partial charge < -0.3 is 16.0 Å². The van der Waals surface area contributed by atoms with Gasteiger partial charge in [0.1, 0.15) is 0 Å². The molecule has 144 valence electrons. The molecule has 2 aromatic rings. The van der Waals surface area contributed by atoms with Gasteiger partial charge in [-0.1, -0.05) is 40.5 Å². The van der Waals surface area contributed by atoms with E-state index in [1.54, 1.807) is 0 Å². The molecule has 0 radical (unpaired) electrons. The van der Waals surface area contributed by atoms with Crippen LogP contribution in [0.5, 0.6) is 0 Å². The molecule has 0 atom stereocenters. The summed E-state index contributed by atoms with van der Waals surface area (Å²) >= 11 is 0. The minimum absolute atomic E-state index is 0.240. The number of nitrogens with zero attached hydrogens (tertiary/aromatic N) is 5. The van der Waals surface area contributed by atoms with Gasteiger partial charge in [0.2, 0.25) is 5.95 Å². The SMILES string of the molecule is CCCc1nc2nc(N)nc(NCCCN(CC)CC)c2nc1CCC. The zero-order chi connectivity index (χ0) is 18.9. The van der Waals surface area contributed by atoms with E-state index in [1.807, 2.05) is 0 Å². The molecule has 0 bridgehead atoms. The molecule has 0 spiro atoms. The summed E-state index contributed by atoms with van der Waals surface area (Å²) < 4.78 is 0. The van der Waals surface area contributed by atoms with Crippen LogP contribution in [0.3, 0.4) is 0 Å². The second-order valence-corrected chi connectivity index (χ2v) is 6.53. The fraction of sp³-hybridized carbons (Fsp3) is 0.684. The third-order valence-electron chi connectivity index (χ3n) is 4.52. The molecule has 0 unspecified atom stereocenters. The van der Waals surface area contributed by atoms with E-state index in [0.29, 0.717) is 11.5 Å². The molecule has 7 nitrogen and oxygen atoms in total. The Hall–Kier alpha value is -2.02. The maximum absolute atomic E-state index is 5.90. The van der Waals surface area contributed by atoms with Gasteiger partial charge in [0, 0.05) is 6.54 Å². The molecule has 2 aromatic heterocycles. The molecule has 0 aliphatic carbocycles. The van der Waals surface area contributed by atoms with Crippen LogP contribution in [0.4, 0.5) is 11.8 Å². The van der Waals surface area contributed by atoms with Crippen molar-refractivity contribution < 1.29 is 0 Å². The largest absolute Gasteiger partial charge is 0.368 e. The van der Waals surface area contributed by atoms with Crippen LogP contribution >= 0.6 is 0 Å². The van der Waals surface area contributed by atoms with Crippen molar-refractivity contribution in [2.45, 2.75) is 59.8 Å². The van der Waals surface area contributed by atoms with Crippen LogP contribution in [0, 0.1) is 0 Å². The average Bonchev–Trinajstić information content (AvgIpc) is 2.63. The van der Waals surface area contributed by atoms with E-state index >= 15 is 0 Å². The number of rotatable bonds is 11. The maximum atomic E-state index is 5.90. The van der Waals surface area contributed by atoms with E-state index in [1.165, 1.54) is 0 Å². The van der Waals surface area contributed by atoms with E-state index < -0.39 is 0 Å². The lowest BCUT2D eigenvalue weighted by Crippen LogP contribution is -2.25. The minimum atomic E-state index is 0.240. The highest BCUT2D eigenvalue weighted by Crippen LogP contribution is 2.21. The Kier molecular flexibility index (Phi) is 7.97. The first kappa shape index (κ1) is 20.3. The molecule has 0 amide bonds. The van der Waals surface area contributed by atoms with Crippen molar-refractivity contribution in [3.8, 4) is 0 Å². The summed E-state index contributed by atoms with van der Waals surface area (Å²) in [7, 11) is 0. The van der Waals surface area contributed by atoms with Crippen LogP contribution in [-0.2, 0) is 12.8 Å². The Morgan fingerprint density at radius 3 is 2.15 bits per heavy atom. The van der Waals surface area contributed by atoms with Gasteiger partial charge >= 0.3 is 0 Å². The number of nitrogens with two attached hydrogens (primary N) is 1. The lowest BCUT2D eigenvalue weighted by molar-refractivity contribution is 0.303. The molecule has 3 N–H and O–H groups in total. The van der Waals surface area contributed by atoms with Crippen LogP contribution in [-0.4, -0.2) is 51.0 Å². The highest BCUT2D eigenvalue weighted by Gasteiger charge is 2.14. The van der Waals surface area contributed by atoms with E-state index in [4.69, 9.17) is 15.7 Å². The number of anilines is 2. The molecule has 0 fully saturated rings. The van der Waals surface area contributed by atoms with Gasteiger partial charge in [-0.05, 0) is 38.9 Å². The minimum Gasteiger partial charge on any atom is -0.368 e. The number of aryl methyl sites for hydroxylation is 2. The molecule has 26 heavy (non-hydrogen) atoms. The number of nitrogens with one attached hydrogen (secondary N) is 1. The molecule has 0 aromatic carbocycles. The maximum Gasteiger partial charge on any atom is 0.224 e.